The zero-order valence-corrected chi connectivity index (χ0v) is 9.85. The first kappa shape index (κ1) is 11.5. The minimum atomic E-state index is -0.139. The van der Waals surface area contributed by atoms with Gasteiger partial charge >= 0.3 is 0 Å². The molecule has 1 aromatic rings. The molecule has 0 atom stereocenters. The second-order valence-electron chi connectivity index (χ2n) is 3.40. The number of rotatable bonds is 3. The van der Waals surface area contributed by atoms with Crippen LogP contribution < -0.4 is 5.32 Å². The van der Waals surface area contributed by atoms with E-state index in [0.717, 1.165) is 5.56 Å². The van der Waals surface area contributed by atoms with E-state index in [1.807, 2.05) is 36.4 Å². The van der Waals surface area contributed by atoms with Crippen LogP contribution in [-0.2, 0) is 4.79 Å². The molecule has 1 aromatic carbocycles. The minimum Gasteiger partial charge on any atom is -0.352 e. The molecule has 2 rings (SSSR count). The van der Waals surface area contributed by atoms with Crippen LogP contribution in [0.25, 0.3) is 6.08 Å². The number of thiocarbonyl (C=S) groups is 1. The van der Waals surface area contributed by atoms with E-state index in [4.69, 9.17) is 12.2 Å². The number of hydrogen-bond acceptors (Lipinski definition) is 3. The molecule has 1 aliphatic rings. The predicted molar refractivity (Wildman–Crippen MR) is 71.4 cm³/mol. The van der Waals surface area contributed by atoms with Crippen molar-refractivity contribution >= 4 is 35.5 Å². The summed E-state index contributed by atoms with van der Waals surface area (Å²) >= 11 is 4.92. The summed E-state index contributed by atoms with van der Waals surface area (Å²) in [5, 5.41) is 8.25. The van der Waals surface area contributed by atoms with Crippen LogP contribution in [-0.4, -0.2) is 28.8 Å². The number of allylic oxidation sites excluding steroid dienone is 1. The fourth-order valence-electron chi connectivity index (χ4n) is 1.35. The largest absolute Gasteiger partial charge is 0.352 e. The molecule has 0 saturated carbocycles. The summed E-state index contributed by atoms with van der Waals surface area (Å²) in [6.45, 7) is 0.221. The molecule has 1 aliphatic heterocycles. The molecule has 1 heterocycles. The highest BCUT2D eigenvalue weighted by Crippen LogP contribution is 2.01. The summed E-state index contributed by atoms with van der Waals surface area (Å²) in [4.78, 5) is 11.3. The second kappa shape index (κ2) is 5.36. The lowest BCUT2D eigenvalue weighted by atomic mass is 10.2. The normalized spacial score (nSPS) is 16.1. The number of nitrogens with zero attached hydrogens (tertiary/aromatic N) is 2. The van der Waals surface area contributed by atoms with Crippen LogP contribution in [0.5, 0.6) is 0 Å². The van der Waals surface area contributed by atoms with Gasteiger partial charge in [-0.3, -0.25) is 4.79 Å². The molecule has 17 heavy (non-hydrogen) atoms. The van der Waals surface area contributed by atoms with Gasteiger partial charge in [-0.15, -0.1) is 0 Å². The van der Waals surface area contributed by atoms with Crippen molar-refractivity contribution in [2.45, 2.75) is 0 Å². The smallest absolute Gasteiger partial charge is 0.268 e. The van der Waals surface area contributed by atoms with Crippen molar-refractivity contribution in [2.75, 3.05) is 6.54 Å². The van der Waals surface area contributed by atoms with Crippen molar-refractivity contribution in [3.05, 3.63) is 42.0 Å². The van der Waals surface area contributed by atoms with Gasteiger partial charge in [0.05, 0.1) is 6.54 Å². The van der Waals surface area contributed by atoms with E-state index in [-0.39, 0.29) is 12.5 Å². The Morgan fingerprint density at radius 3 is 2.76 bits per heavy atom. The van der Waals surface area contributed by atoms with Crippen molar-refractivity contribution < 1.29 is 4.79 Å². The van der Waals surface area contributed by atoms with Crippen LogP contribution in [0.2, 0.25) is 0 Å². The third kappa shape index (κ3) is 2.98. The molecular weight excluding hydrogens is 234 g/mol. The second-order valence-corrected chi connectivity index (χ2v) is 3.79. The number of carbonyl (C=O) groups is 1. The SMILES string of the molecule is O=C1CNC(=S)N1N=CC=Cc1ccccc1. The standard InChI is InChI=1S/C12H11N3OS/c16-11-9-13-12(17)15(11)14-8-4-7-10-5-2-1-3-6-10/h1-8H,9H2,(H,13,17). The van der Waals surface area contributed by atoms with Crippen LogP contribution in [0.4, 0.5) is 0 Å². The first-order chi connectivity index (χ1) is 8.27. The number of hydrogen-bond donors (Lipinski definition) is 1. The van der Waals surface area contributed by atoms with Crippen molar-refractivity contribution in [3.8, 4) is 0 Å². The van der Waals surface area contributed by atoms with Crippen molar-refractivity contribution in [1.82, 2.24) is 10.3 Å². The van der Waals surface area contributed by atoms with Crippen molar-refractivity contribution in [2.24, 2.45) is 5.10 Å². The van der Waals surface area contributed by atoms with Gasteiger partial charge in [-0.2, -0.15) is 10.1 Å². The maximum absolute atomic E-state index is 11.3. The van der Waals surface area contributed by atoms with Crippen LogP contribution in [0, 0.1) is 0 Å². The maximum atomic E-state index is 11.3. The van der Waals surface area contributed by atoms with E-state index >= 15 is 0 Å². The Morgan fingerprint density at radius 1 is 1.35 bits per heavy atom. The number of hydrazone groups is 1. The van der Waals surface area contributed by atoms with Gasteiger partial charge in [0, 0.05) is 6.21 Å². The molecule has 0 radical (unpaired) electrons. The number of nitrogens with one attached hydrogen (secondary N) is 1. The quantitative estimate of drug-likeness (QED) is 0.646. The highest BCUT2D eigenvalue weighted by atomic mass is 32.1. The minimum absolute atomic E-state index is 0.139. The van der Waals surface area contributed by atoms with Gasteiger partial charge in [0.25, 0.3) is 5.91 Å². The van der Waals surface area contributed by atoms with Crippen LogP contribution >= 0.6 is 12.2 Å². The highest BCUT2D eigenvalue weighted by molar-refractivity contribution is 7.80. The molecule has 0 spiro atoms. The lowest BCUT2D eigenvalue weighted by molar-refractivity contribution is -0.124. The summed E-state index contributed by atoms with van der Waals surface area (Å²) in [6.07, 6.45) is 5.22. The van der Waals surface area contributed by atoms with Crippen LogP contribution in [0.15, 0.2) is 41.5 Å². The molecule has 0 aliphatic carbocycles. The van der Waals surface area contributed by atoms with Crippen molar-refractivity contribution in [1.29, 1.82) is 0 Å². The molecule has 0 unspecified atom stereocenters. The topological polar surface area (TPSA) is 44.7 Å². The molecular formula is C12H11N3OS. The molecule has 0 bridgehead atoms. The maximum Gasteiger partial charge on any atom is 0.268 e. The van der Waals surface area contributed by atoms with Gasteiger partial charge in [0.15, 0.2) is 5.11 Å². The monoisotopic (exact) mass is 245 g/mol. The van der Waals surface area contributed by atoms with E-state index < -0.39 is 0 Å². The van der Waals surface area contributed by atoms with Gasteiger partial charge in [-0.05, 0) is 23.9 Å². The molecule has 86 valence electrons. The van der Waals surface area contributed by atoms with Crippen LogP contribution in [0.3, 0.4) is 0 Å². The highest BCUT2D eigenvalue weighted by Gasteiger charge is 2.23. The van der Waals surface area contributed by atoms with E-state index in [1.165, 1.54) is 5.01 Å². The molecule has 5 heteroatoms. The molecule has 1 N–H and O–H groups in total. The summed E-state index contributed by atoms with van der Waals surface area (Å²) in [7, 11) is 0. The molecule has 0 aromatic heterocycles. The summed E-state index contributed by atoms with van der Waals surface area (Å²) in [5.74, 6) is -0.139. The Morgan fingerprint density at radius 2 is 2.12 bits per heavy atom. The predicted octanol–water partition coefficient (Wildman–Crippen LogP) is 1.40. The Labute approximate surface area is 105 Å². The van der Waals surface area contributed by atoms with Gasteiger partial charge in [0.2, 0.25) is 0 Å². The lowest BCUT2D eigenvalue weighted by Crippen LogP contribution is -2.25. The van der Waals surface area contributed by atoms with E-state index in [1.54, 1.807) is 12.3 Å². The Kier molecular flexibility index (Phi) is 3.62. The number of benzene rings is 1. The summed E-state index contributed by atoms with van der Waals surface area (Å²) in [6, 6.07) is 9.84. The first-order valence-electron chi connectivity index (χ1n) is 5.14. The zero-order chi connectivity index (χ0) is 12.1. The van der Waals surface area contributed by atoms with E-state index in [0.29, 0.717) is 5.11 Å². The van der Waals surface area contributed by atoms with E-state index in [2.05, 4.69) is 10.4 Å². The molecule has 1 amide bonds. The fraction of sp³-hybridized carbons (Fsp3) is 0.0833. The average Bonchev–Trinajstić information content (AvgIpc) is 2.67. The number of amides is 1. The van der Waals surface area contributed by atoms with Gasteiger partial charge in [-0.1, -0.05) is 36.4 Å². The molecule has 4 nitrogen and oxygen atoms in total. The zero-order valence-electron chi connectivity index (χ0n) is 9.04. The van der Waals surface area contributed by atoms with Gasteiger partial charge in [-0.25, -0.2) is 0 Å². The summed E-state index contributed by atoms with van der Waals surface area (Å²) < 4.78 is 0. The fourth-order valence-corrected chi connectivity index (χ4v) is 1.58. The Bertz CT molecular complexity index is 466. The van der Waals surface area contributed by atoms with Crippen LogP contribution in [0.1, 0.15) is 5.56 Å². The number of carbonyl (C=O) groups excluding carboxylic acids is 1. The molecule has 1 fully saturated rings. The average molecular weight is 245 g/mol. The van der Waals surface area contributed by atoms with Crippen molar-refractivity contribution in [3.63, 3.8) is 0 Å². The Balaban J connectivity index is 1.96. The van der Waals surface area contributed by atoms with Gasteiger partial charge in [0.1, 0.15) is 0 Å². The third-order valence-electron chi connectivity index (χ3n) is 2.18. The third-order valence-corrected chi connectivity index (χ3v) is 2.49. The Hall–Kier alpha value is -2.01. The first-order valence-corrected chi connectivity index (χ1v) is 5.55. The summed E-state index contributed by atoms with van der Waals surface area (Å²) in [5.41, 5.74) is 1.08. The lowest BCUT2D eigenvalue weighted by Gasteiger charge is -2.04. The van der Waals surface area contributed by atoms with Gasteiger partial charge < -0.3 is 5.32 Å². The van der Waals surface area contributed by atoms with E-state index in [9.17, 15) is 4.79 Å². The molecule has 1 saturated heterocycles.